The largest absolute Gasteiger partial charge is 0.465 e. The first-order valence-corrected chi connectivity index (χ1v) is 10.6. The molecule has 1 aromatic heterocycles. The van der Waals surface area contributed by atoms with Crippen LogP contribution in [-0.4, -0.2) is 49.4 Å². The van der Waals surface area contributed by atoms with Gasteiger partial charge in [0.05, 0.1) is 25.9 Å². The quantitative estimate of drug-likeness (QED) is 0.443. The molecule has 154 valence electrons. The number of carbonyl (C=O) groups excluding carboxylic acids is 1. The Kier molecular flexibility index (Phi) is 6.61. The molecule has 1 aliphatic rings. The van der Waals surface area contributed by atoms with E-state index in [4.69, 9.17) is 9.47 Å². The molecular formula is C23H23N3O3S. The standard InChI is InChI=1S/C23H23N3O3S/c1-28-23(27)18-3-2-4-20(16-18)30-22-9-10-24-21(25-22)15-17-5-7-19(8-6-17)26-11-13-29-14-12-26/h2-10,16H,11-15H2,1H3. The topological polar surface area (TPSA) is 64.5 Å². The van der Waals surface area contributed by atoms with Gasteiger partial charge >= 0.3 is 5.97 Å². The minimum Gasteiger partial charge on any atom is -0.465 e. The minimum atomic E-state index is -0.346. The van der Waals surface area contributed by atoms with Gasteiger partial charge in [-0.15, -0.1) is 0 Å². The van der Waals surface area contributed by atoms with Crippen molar-refractivity contribution in [1.82, 2.24) is 9.97 Å². The number of methoxy groups -OCH3 is 1. The number of morpholine rings is 1. The molecular weight excluding hydrogens is 398 g/mol. The van der Waals surface area contributed by atoms with Gasteiger partial charge in [0.2, 0.25) is 0 Å². The van der Waals surface area contributed by atoms with Gasteiger partial charge in [0.25, 0.3) is 0 Å². The summed E-state index contributed by atoms with van der Waals surface area (Å²) in [7, 11) is 1.38. The lowest BCUT2D eigenvalue weighted by Gasteiger charge is -2.28. The Morgan fingerprint density at radius 1 is 1.13 bits per heavy atom. The molecule has 0 bridgehead atoms. The number of nitrogens with zero attached hydrogens (tertiary/aromatic N) is 3. The third-order valence-electron chi connectivity index (χ3n) is 4.83. The summed E-state index contributed by atoms with van der Waals surface area (Å²) in [6.45, 7) is 3.42. The van der Waals surface area contributed by atoms with Crippen LogP contribution in [0.25, 0.3) is 0 Å². The average Bonchev–Trinajstić information content (AvgIpc) is 2.80. The second-order valence-electron chi connectivity index (χ2n) is 6.88. The van der Waals surface area contributed by atoms with Crippen LogP contribution in [0, 0.1) is 0 Å². The smallest absolute Gasteiger partial charge is 0.337 e. The SMILES string of the molecule is COC(=O)c1cccc(Sc2ccnc(Cc3ccc(N4CCOCC4)cc3)n2)c1. The van der Waals surface area contributed by atoms with Gasteiger partial charge in [-0.3, -0.25) is 0 Å². The van der Waals surface area contributed by atoms with E-state index in [-0.39, 0.29) is 5.97 Å². The van der Waals surface area contributed by atoms with E-state index in [9.17, 15) is 4.79 Å². The van der Waals surface area contributed by atoms with E-state index in [0.29, 0.717) is 12.0 Å². The van der Waals surface area contributed by atoms with Crippen LogP contribution in [0.1, 0.15) is 21.7 Å². The Morgan fingerprint density at radius 2 is 1.93 bits per heavy atom. The molecule has 4 rings (SSSR count). The maximum Gasteiger partial charge on any atom is 0.337 e. The molecule has 3 aromatic rings. The highest BCUT2D eigenvalue weighted by Crippen LogP contribution is 2.27. The van der Waals surface area contributed by atoms with Crippen LogP contribution < -0.4 is 4.90 Å². The maximum atomic E-state index is 11.7. The normalized spacial score (nSPS) is 13.8. The van der Waals surface area contributed by atoms with E-state index >= 15 is 0 Å². The molecule has 1 fully saturated rings. The molecule has 30 heavy (non-hydrogen) atoms. The summed E-state index contributed by atoms with van der Waals surface area (Å²) in [5.74, 6) is 0.421. The number of anilines is 1. The van der Waals surface area contributed by atoms with Gasteiger partial charge in [0.1, 0.15) is 10.9 Å². The van der Waals surface area contributed by atoms with Gasteiger partial charge in [-0.2, -0.15) is 0 Å². The van der Waals surface area contributed by atoms with Crippen LogP contribution in [-0.2, 0) is 15.9 Å². The zero-order valence-electron chi connectivity index (χ0n) is 16.8. The fourth-order valence-electron chi connectivity index (χ4n) is 3.28. The molecule has 2 aromatic carbocycles. The molecule has 0 atom stereocenters. The lowest BCUT2D eigenvalue weighted by Crippen LogP contribution is -2.36. The molecule has 0 N–H and O–H groups in total. The third kappa shape index (κ3) is 5.17. The van der Waals surface area contributed by atoms with Crippen LogP contribution in [0.5, 0.6) is 0 Å². The number of hydrogen-bond donors (Lipinski definition) is 0. The van der Waals surface area contributed by atoms with Crippen LogP contribution in [0.3, 0.4) is 0 Å². The predicted octanol–water partition coefficient (Wildman–Crippen LogP) is 3.84. The first kappa shape index (κ1) is 20.4. The van der Waals surface area contributed by atoms with Crippen molar-refractivity contribution >= 4 is 23.4 Å². The van der Waals surface area contributed by atoms with E-state index < -0.39 is 0 Å². The van der Waals surface area contributed by atoms with Crippen LogP contribution >= 0.6 is 11.8 Å². The van der Waals surface area contributed by atoms with Crippen LogP contribution in [0.2, 0.25) is 0 Å². The molecule has 7 heteroatoms. The van der Waals surface area contributed by atoms with Crippen molar-refractivity contribution in [1.29, 1.82) is 0 Å². The fraction of sp³-hybridized carbons (Fsp3) is 0.261. The van der Waals surface area contributed by atoms with E-state index in [1.54, 1.807) is 12.3 Å². The van der Waals surface area contributed by atoms with Crippen molar-refractivity contribution in [3.8, 4) is 0 Å². The minimum absolute atomic E-state index is 0.346. The second-order valence-corrected chi connectivity index (χ2v) is 7.97. The van der Waals surface area contributed by atoms with Crippen LogP contribution in [0.4, 0.5) is 5.69 Å². The number of rotatable bonds is 6. The summed E-state index contributed by atoms with van der Waals surface area (Å²) < 4.78 is 10.2. The van der Waals surface area contributed by atoms with Gasteiger partial charge in [-0.25, -0.2) is 14.8 Å². The highest BCUT2D eigenvalue weighted by molar-refractivity contribution is 7.99. The second kappa shape index (κ2) is 9.73. The Morgan fingerprint density at radius 3 is 2.70 bits per heavy atom. The monoisotopic (exact) mass is 421 g/mol. The highest BCUT2D eigenvalue weighted by Gasteiger charge is 2.11. The van der Waals surface area contributed by atoms with Crippen molar-refractivity contribution in [2.75, 3.05) is 38.3 Å². The zero-order valence-corrected chi connectivity index (χ0v) is 17.6. The molecule has 1 aliphatic heterocycles. The van der Waals surface area contributed by atoms with Crippen molar-refractivity contribution in [2.24, 2.45) is 0 Å². The number of esters is 1. The van der Waals surface area contributed by atoms with Crippen molar-refractivity contribution in [2.45, 2.75) is 16.3 Å². The zero-order chi connectivity index (χ0) is 20.8. The molecule has 0 unspecified atom stereocenters. The lowest BCUT2D eigenvalue weighted by atomic mass is 10.1. The van der Waals surface area contributed by atoms with Crippen LogP contribution in [0.15, 0.2) is 70.7 Å². The molecule has 0 spiro atoms. The van der Waals surface area contributed by atoms with Gasteiger partial charge in [0.15, 0.2) is 0 Å². The van der Waals surface area contributed by atoms with Crippen molar-refractivity contribution < 1.29 is 14.3 Å². The van der Waals surface area contributed by atoms with Gasteiger partial charge in [-0.05, 0) is 42.0 Å². The van der Waals surface area contributed by atoms with E-state index in [2.05, 4.69) is 39.1 Å². The van der Waals surface area contributed by atoms with Crippen molar-refractivity contribution in [3.63, 3.8) is 0 Å². The van der Waals surface area contributed by atoms with E-state index in [1.165, 1.54) is 30.1 Å². The molecule has 0 aliphatic carbocycles. The number of aromatic nitrogens is 2. The molecule has 0 radical (unpaired) electrons. The molecule has 2 heterocycles. The third-order valence-corrected chi connectivity index (χ3v) is 5.76. The lowest BCUT2D eigenvalue weighted by molar-refractivity contribution is 0.0600. The molecule has 1 saturated heterocycles. The number of benzene rings is 2. The summed E-state index contributed by atoms with van der Waals surface area (Å²) in [6.07, 6.45) is 2.44. The number of hydrogen-bond acceptors (Lipinski definition) is 7. The Balaban J connectivity index is 1.43. The van der Waals surface area contributed by atoms with Gasteiger partial charge in [0, 0.05) is 36.3 Å². The highest BCUT2D eigenvalue weighted by atomic mass is 32.2. The van der Waals surface area contributed by atoms with Gasteiger partial charge < -0.3 is 14.4 Å². The first-order chi connectivity index (χ1) is 14.7. The fourth-order valence-corrected chi connectivity index (χ4v) is 4.13. The summed E-state index contributed by atoms with van der Waals surface area (Å²) >= 11 is 1.50. The maximum absolute atomic E-state index is 11.7. The summed E-state index contributed by atoms with van der Waals surface area (Å²) in [5.41, 5.74) is 2.91. The van der Waals surface area contributed by atoms with E-state index in [0.717, 1.165) is 42.0 Å². The number of ether oxygens (including phenoxy) is 2. The van der Waals surface area contributed by atoms with Gasteiger partial charge in [-0.1, -0.05) is 30.0 Å². The summed E-state index contributed by atoms with van der Waals surface area (Å²) in [5, 5.41) is 0.840. The Bertz CT molecular complexity index is 1000. The van der Waals surface area contributed by atoms with Crippen molar-refractivity contribution in [3.05, 3.63) is 77.7 Å². The average molecular weight is 422 g/mol. The summed E-state index contributed by atoms with van der Waals surface area (Å²) in [4.78, 5) is 24.1. The molecule has 0 saturated carbocycles. The first-order valence-electron chi connectivity index (χ1n) is 9.81. The predicted molar refractivity (Wildman–Crippen MR) is 116 cm³/mol. The molecule has 6 nitrogen and oxygen atoms in total. The Hall–Kier alpha value is -2.90. The summed E-state index contributed by atoms with van der Waals surface area (Å²) in [6, 6.07) is 17.8. The Labute approximate surface area is 180 Å². The number of carbonyl (C=O) groups is 1. The van der Waals surface area contributed by atoms with E-state index in [1.807, 2.05) is 24.3 Å². The molecule has 0 amide bonds.